The number of rotatable bonds is 10. The highest BCUT2D eigenvalue weighted by molar-refractivity contribution is 5.81. The van der Waals surface area contributed by atoms with E-state index in [-0.39, 0.29) is 23.9 Å². The number of nitrogens with one attached hydrogen (secondary N) is 2. The van der Waals surface area contributed by atoms with E-state index in [2.05, 4.69) is 20.3 Å². The van der Waals surface area contributed by atoms with Gasteiger partial charge in [0.2, 0.25) is 5.91 Å². The fourth-order valence-electron chi connectivity index (χ4n) is 3.96. The van der Waals surface area contributed by atoms with Crippen molar-refractivity contribution < 1.29 is 14.3 Å². The molecule has 0 aliphatic rings. The lowest BCUT2D eigenvalue weighted by molar-refractivity contribution is -0.122. The maximum Gasteiger partial charge on any atom is 0.261 e. The van der Waals surface area contributed by atoms with E-state index in [0.717, 1.165) is 17.1 Å². The maximum absolute atomic E-state index is 12.9. The van der Waals surface area contributed by atoms with E-state index < -0.39 is 0 Å². The van der Waals surface area contributed by atoms with Gasteiger partial charge in [-0.2, -0.15) is 0 Å². The summed E-state index contributed by atoms with van der Waals surface area (Å²) in [6.07, 6.45) is 4.75. The van der Waals surface area contributed by atoms with Crippen LogP contribution in [0.25, 0.3) is 22.2 Å². The minimum Gasteiger partial charge on any atom is -0.493 e. The average Bonchev–Trinajstić information content (AvgIpc) is 3.38. The monoisotopic (exact) mass is 475 g/mol. The normalized spacial score (nSPS) is 11.9. The Labute approximate surface area is 203 Å². The minimum atomic E-state index is -0.215. The van der Waals surface area contributed by atoms with E-state index in [1.165, 1.54) is 25.1 Å². The molecular formula is C26H29N5O4. The van der Waals surface area contributed by atoms with Crippen molar-refractivity contribution in [1.29, 1.82) is 0 Å². The first-order valence-electron chi connectivity index (χ1n) is 11.5. The van der Waals surface area contributed by atoms with Gasteiger partial charge in [-0.3, -0.25) is 14.2 Å². The molecule has 1 atom stereocenters. The number of benzene rings is 2. The van der Waals surface area contributed by atoms with Gasteiger partial charge in [-0.25, -0.2) is 9.97 Å². The first-order chi connectivity index (χ1) is 17.0. The van der Waals surface area contributed by atoms with Crippen molar-refractivity contribution in [1.82, 2.24) is 24.8 Å². The molecule has 0 saturated carbocycles. The summed E-state index contributed by atoms with van der Waals surface area (Å²) >= 11 is 0. The highest BCUT2D eigenvalue weighted by Crippen LogP contribution is 2.29. The Hall–Kier alpha value is -4.14. The van der Waals surface area contributed by atoms with Crippen molar-refractivity contribution >= 4 is 16.8 Å². The van der Waals surface area contributed by atoms with Crippen LogP contribution in [0.3, 0.4) is 0 Å². The molecule has 9 nitrogen and oxygen atoms in total. The smallest absolute Gasteiger partial charge is 0.261 e. The van der Waals surface area contributed by atoms with Gasteiger partial charge in [0.1, 0.15) is 5.82 Å². The Morgan fingerprint density at radius 3 is 2.57 bits per heavy atom. The van der Waals surface area contributed by atoms with Crippen LogP contribution in [0.4, 0.5) is 0 Å². The number of aromatic amines is 1. The van der Waals surface area contributed by atoms with E-state index in [1.807, 2.05) is 37.3 Å². The Morgan fingerprint density at radius 1 is 1.11 bits per heavy atom. The molecule has 0 aliphatic heterocycles. The summed E-state index contributed by atoms with van der Waals surface area (Å²) < 4.78 is 12.1. The van der Waals surface area contributed by atoms with Crippen molar-refractivity contribution in [3.63, 3.8) is 0 Å². The number of H-pyrrole nitrogens is 1. The Balaban J connectivity index is 1.37. The standard InChI is InChI=1S/C26H29N5O4/c1-4-19(25-27-15-21(30-25)17-9-6-5-7-10-17)29-24(32)11-8-12-31-16-28-20-14-23(35-3)22(34-2)13-18(20)26(31)33/h5-7,9-10,13-16,19H,4,8,11-12H2,1-3H3,(H,27,30)(H,29,32). The average molecular weight is 476 g/mol. The number of aryl methyl sites for hydroxylation is 1. The van der Waals surface area contributed by atoms with Crippen LogP contribution >= 0.6 is 0 Å². The summed E-state index contributed by atoms with van der Waals surface area (Å²) in [5.74, 6) is 1.61. The zero-order valence-corrected chi connectivity index (χ0v) is 20.1. The fourth-order valence-corrected chi connectivity index (χ4v) is 3.96. The number of nitrogens with zero attached hydrogens (tertiary/aromatic N) is 3. The third kappa shape index (κ3) is 5.34. The Morgan fingerprint density at radius 2 is 1.86 bits per heavy atom. The molecule has 2 N–H and O–H groups in total. The third-order valence-electron chi connectivity index (χ3n) is 5.89. The van der Waals surface area contributed by atoms with E-state index >= 15 is 0 Å². The molecule has 0 bridgehead atoms. The molecule has 1 unspecified atom stereocenters. The molecule has 2 heterocycles. The molecule has 2 aromatic heterocycles. The number of ether oxygens (including phenoxy) is 2. The summed E-state index contributed by atoms with van der Waals surface area (Å²) in [5.41, 5.74) is 2.29. The topological polar surface area (TPSA) is 111 Å². The quantitative estimate of drug-likeness (QED) is 0.360. The van der Waals surface area contributed by atoms with Crippen LogP contribution < -0.4 is 20.3 Å². The lowest BCUT2D eigenvalue weighted by Gasteiger charge is -2.15. The van der Waals surface area contributed by atoms with Crippen LogP contribution in [0, 0.1) is 0 Å². The van der Waals surface area contributed by atoms with Crippen LogP contribution in [-0.4, -0.2) is 39.6 Å². The second kappa shape index (κ2) is 10.9. The molecule has 9 heteroatoms. The molecule has 0 saturated heterocycles. The molecular weight excluding hydrogens is 446 g/mol. The van der Waals surface area contributed by atoms with Crippen LogP contribution in [0.5, 0.6) is 11.5 Å². The highest BCUT2D eigenvalue weighted by atomic mass is 16.5. The minimum absolute atomic E-state index is 0.0947. The number of aromatic nitrogens is 4. The van der Waals surface area contributed by atoms with Crippen molar-refractivity contribution in [2.45, 2.75) is 38.8 Å². The largest absolute Gasteiger partial charge is 0.493 e. The van der Waals surface area contributed by atoms with Gasteiger partial charge in [0.05, 0.1) is 49.4 Å². The number of fused-ring (bicyclic) bond motifs is 1. The van der Waals surface area contributed by atoms with Crippen LogP contribution in [0.15, 0.2) is 59.8 Å². The molecule has 4 rings (SSSR count). The molecule has 0 aliphatic carbocycles. The summed E-state index contributed by atoms with van der Waals surface area (Å²) in [7, 11) is 3.05. The predicted molar refractivity (Wildman–Crippen MR) is 134 cm³/mol. The molecule has 182 valence electrons. The third-order valence-corrected chi connectivity index (χ3v) is 5.89. The van der Waals surface area contributed by atoms with Gasteiger partial charge in [0.25, 0.3) is 5.56 Å². The Bertz CT molecular complexity index is 1360. The van der Waals surface area contributed by atoms with Crippen LogP contribution in [0.1, 0.15) is 38.1 Å². The summed E-state index contributed by atoms with van der Waals surface area (Å²) in [6.45, 7) is 2.37. The van der Waals surface area contributed by atoms with Gasteiger partial charge in [-0.15, -0.1) is 0 Å². The lowest BCUT2D eigenvalue weighted by Crippen LogP contribution is -2.29. The van der Waals surface area contributed by atoms with Crippen LogP contribution in [0.2, 0.25) is 0 Å². The summed E-state index contributed by atoms with van der Waals surface area (Å²) in [4.78, 5) is 37.7. The van der Waals surface area contributed by atoms with Gasteiger partial charge in [0.15, 0.2) is 11.5 Å². The zero-order valence-electron chi connectivity index (χ0n) is 20.1. The second-order valence-corrected chi connectivity index (χ2v) is 8.15. The van der Waals surface area contributed by atoms with Crippen LogP contribution in [-0.2, 0) is 11.3 Å². The number of amides is 1. The molecule has 35 heavy (non-hydrogen) atoms. The molecule has 0 spiro atoms. The van der Waals surface area contributed by atoms with Gasteiger partial charge >= 0.3 is 0 Å². The highest BCUT2D eigenvalue weighted by Gasteiger charge is 2.17. The second-order valence-electron chi connectivity index (χ2n) is 8.15. The number of imidazole rings is 1. The molecule has 2 aromatic carbocycles. The fraction of sp³-hybridized carbons (Fsp3) is 0.308. The van der Waals surface area contributed by atoms with Crippen molar-refractivity contribution in [3.05, 3.63) is 71.2 Å². The van der Waals surface area contributed by atoms with E-state index in [0.29, 0.717) is 41.8 Å². The first kappa shape index (κ1) is 24.0. The SMILES string of the molecule is CCC(NC(=O)CCCn1cnc2cc(OC)c(OC)cc2c1=O)c1ncc(-c2ccccc2)[nH]1. The number of methoxy groups -OCH3 is 2. The molecule has 1 amide bonds. The summed E-state index contributed by atoms with van der Waals surface area (Å²) in [6, 6.07) is 13.0. The lowest BCUT2D eigenvalue weighted by atomic mass is 10.2. The zero-order chi connectivity index (χ0) is 24.8. The number of hydrogen-bond donors (Lipinski definition) is 2. The molecule has 0 fully saturated rings. The number of carbonyl (C=O) groups excluding carboxylic acids is 1. The van der Waals surface area contributed by atoms with Gasteiger partial charge in [-0.05, 0) is 24.5 Å². The molecule has 4 aromatic rings. The van der Waals surface area contributed by atoms with Gasteiger partial charge in [-0.1, -0.05) is 37.3 Å². The Kier molecular flexibility index (Phi) is 7.45. The number of carbonyl (C=O) groups is 1. The first-order valence-corrected chi connectivity index (χ1v) is 11.5. The number of hydrogen-bond acceptors (Lipinski definition) is 6. The van der Waals surface area contributed by atoms with E-state index in [4.69, 9.17) is 9.47 Å². The van der Waals surface area contributed by atoms with Gasteiger partial charge < -0.3 is 19.8 Å². The van der Waals surface area contributed by atoms with E-state index in [1.54, 1.807) is 18.3 Å². The van der Waals surface area contributed by atoms with Crippen molar-refractivity contribution in [2.24, 2.45) is 0 Å². The summed E-state index contributed by atoms with van der Waals surface area (Å²) in [5, 5.41) is 3.48. The maximum atomic E-state index is 12.9. The molecule has 0 radical (unpaired) electrons. The van der Waals surface area contributed by atoms with Crippen molar-refractivity contribution in [2.75, 3.05) is 14.2 Å². The van der Waals surface area contributed by atoms with Gasteiger partial charge in [0, 0.05) is 19.0 Å². The van der Waals surface area contributed by atoms with E-state index in [9.17, 15) is 9.59 Å². The van der Waals surface area contributed by atoms with Crippen molar-refractivity contribution in [3.8, 4) is 22.8 Å². The predicted octanol–water partition coefficient (Wildman–Crippen LogP) is 3.85.